The summed E-state index contributed by atoms with van der Waals surface area (Å²) < 4.78 is 5.39. The Bertz CT molecular complexity index is 1270. The Morgan fingerprint density at radius 1 is 1.12 bits per heavy atom. The van der Waals surface area contributed by atoms with Gasteiger partial charge in [-0.3, -0.25) is 9.69 Å². The molecule has 33 heavy (non-hydrogen) atoms. The van der Waals surface area contributed by atoms with Gasteiger partial charge in [-0.15, -0.1) is 0 Å². The monoisotopic (exact) mass is 457 g/mol. The summed E-state index contributed by atoms with van der Waals surface area (Å²) in [5, 5.41) is 10.4. The van der Waals surface area contributed by atoms with Crippen LogP contribution in [-0.4, -0.2) is 23.4 Å². The molecule has 6 nitrogen and oxygen atoms in total. The topological polar surface area (TPSA) is 96.4 Å². The van der Waals surface area contributed by atoms with Crippen LogP contribution in [0.1, 0.15) is 35.1 Å². The third-order valence-electron chi connectivity index (χ3n) is 5.57. The number of nitriles is 1. The second kappa shape index (κ2) is 9.00. The van der Waals surface area contributed by atoms with Crippen LogP contribution in [0, 0.1) is 25.2 Å². The lowest BCUT2D eigenvalue weighted by molar-refractivity contribution is -0.138. The summed E-state index contributed by atoms with van der Waals surface area (Å²) >= 11 is 1.28. The molecule has 2 aliphatic rings. The minimum Gasteiger partial charge on any atom is -0.463 e. The third kappa shape index (κ3) is 4.06. The molecule has 0 bridgehead atoms. The number of nitrogens with zero attached hydrogens (tertiary/aromatic N) is 2. The molecule has 2 heterocycles. The van der Waals surface area contributed by atoms with Crippen molar-refractivity contribution in [2.24, 2.45) is 5.73 Å². The lowest BCUT2D eigenvalue weighted by Gasteiger charge is -2.37. The van der Waals surface area contributed by atoms with Crippen molar-refractivity contribution < 1.29 is 14.3 Å². The van der Waals surface area contributed by atoms with Gasteiger partial charge in [-0.2, -0.15) is 5.26 Å². The largest absolute Gasteiger partial charge is 0.463 e. The van der Waals surface area contributed by atoms with Crippen LogP contribution in [0.2, 0.25) is 0 Å². The summed E-state index contributed by atoms with van der Waals surface area (Å²) in [5.41, 5.74) is 10.5. The molecular weight excluding hydrogens is 434 g/mol. The molecule has 0 fully saturated rings. The van der Waals surface area contributed by atoms with E-state index < -0.39 is 17.8 Å². The standard InChI is InChI=1S/C26H23N3O3S/c1-4-32-26(31)23-22(18-11-7-16(3)8-12-18)19(14-27)24(28)29-21(30)13-20(33-25(23)29)17-9-5-15(2)6-10-17/h5-13,22H,4,28H2,1-3H3. The Labute approximate surface area is 197 Å². The normalized spacial score (nSPS) is 18.0. The maximum Gasteiger partial charge on any atom is 0.337 e. The van der Waals surface area contributed by atoms with Crippen molar-refractivity contribution in [2.75, 3.05) is 6.61 Å². The lowest BCUT2D eigenvalue weighted by Crippen LogP contribution is -2.40. The van der Waals surface area contributed by atoms with E-state index >= 15 is 0 Å². The Morgan fingerprint density at radius 2 is 1.73 bits per heavy atom. The minimum absolute atomic E-state index is 0.0304. The fourth-order valence-electron chi connectivity index (χ4n) is 3.88. The van der Waals surface area contributed by atoms with Gasteiger partial charge in [-0.1, -0.05) is 71.4 Å². The average Bonchev–Trinajstić information content (AvgIpc) is 2.79. The van der Waals surface area contributed by atoms with E-state index in [1.807, 2.05) is 62.4 Å². The SMILES string of the molecule is CCOC(=O)C1=C2SC(c3ccc(C)cc3)=CC(=O)N2C(N)=C(C#N)C1c1ccc(C)cc1. The highest BCUT2D eigenvalue weighted by atomic mass is 32.2. The van der Waals surface area contributed by atoms with Crippen molar-refractivity contribution in [1.29, 1.82) is 5.26 Å². The maximum absolute atomic E-state index is 13.2. The van der Waals surface area contributed by atoms with Crippen LogP contribution in [0.4, 0.5) is 0 Å². The third-order valence-corrected chi connectivity index (χ3v) is 6.74. The second-order valence-electron chi connectivity index (χ2n) is 7.84. The first-order valence-electron chi connectivity index (χ1n) is 10.5. The highest BCUT2D eigenvalue weighted by molar-refractivity contribution is 8.11. The van der Waals surface area contributed by atoms with E-state index in [0.717, 1.165) is 22.3 Å². The molecule has 1 amide bonds. The molecule has 2 aromatic rings. The van der Waals surface area contributed by atoms with Crippen LogP contribution in [0.25, 0.3) is 4.91 Å². The predicted molar refractivity (Wildman–Crippen MR) is 128 cm³/mol. The Kier molecular flexibility index (Phi) is 6.12. The van der Waals surface area contributed by atoms with E-state index in [0.29, 0.717) is 9.93 Å². The number of carbonyl (C=O) groups is 2. The van der Waals surface area contributed by atoms with Gasteiger partial charge in [0.05, 0.1) is 29.7 Å². The van der Waals surface area contributed by atoms with E-state index in [2.05, 4.69) is 6.07 Å². The van der Waals surface area contributed by atoms with Gasteiger partial charge in [0.2, 0.25) is 0 Å². The number of fused-ring (bicyclic) bond motifs is 1. The smallest absolute Gasteiger partial charge is 0.337 e. The zero-order valence-electron chi connectivity index (χ0n) is 18.6. The molecule has 2 aliphatic heterocycles. The zero-order valence-corrected chi connectivity index (χ0v) is 19.4. The summed E-state index contributed by atoms with van der Waals surface area (Å²) in [6.07, 6.45) is 1.48. The van der Waals surface area contributed by atoms with E-state index in [1.54, 1.807) is 6.92 Å². The summed E-state index contributed by atoms with van der Waals surface area (Å²) in [6, 6.07) is 17.5. The lowest BCUT2D eigenvalue weighted by atomic mass is 9.82. The number of aryl methyl sites for hydroxylation is 2. The number of amides is 1. The molecule has 166 valence electrons. The van der Waals surface area contributed by atoms with Crippen LogP contribution in [0.15, 0.2) is 76.6 Å². The van der Waals surface area contributed by atoms with Gasteiger partial charge in [0.1, 0.15) is 10.9 Å². The van der Waals surface area contributed by atoms with Gasteiger partial charge in [-0.25, -0.2) is 4.79 Å². The van der Waals surface area contributed by atoms with Crippen molar-refractivity contribution in [2.45, 2.75) is 26.7 Å². The van der Waals surface area contributed by atoms with E-state index in [-0.39, 0.29) is 23.6 Å². The van der Waals surface area contributed by atoms with E-state index in [9.17, 15) is 14.9 Å². The molecular formula is C26H23N3O3S. The first-order chi connectivity index (χ1) is 15.8. The van der Waals surface area contributed by atoms with E-state index in [1.165, 1.54) is 22.7 Å². The maximum atomic E-state index is 13.2. The number of carbonyl (C=O) groups excluding carboxylic acids is 2. The molecule has 0 radical (unpaired) electrons. The molecule has 1 atom stereocenters. The molecule has 1 unspecified atom stereocenters. The van der Waals surface area contributed by atoms with Crippen molar-refractivity contribution in [1.82, 2.24) is 4.90 Å². The van der Waals surface area contributed by atoms with Crippen molar-refractivity contribution in [3.8, 4) is 6.07 Å². The first kappa shape index (κ1) is 22.4. The van der Waals surface area contributed by atoms with Crippen molar-refractivity contribution in [3.05, 3.63) is 98.9 Å². The number of rotatable bonds is 4. The van der Waals surface area contributed by atoms with Crippen molar-refractivity contribution in [3.63, 3.8) is 0 Å². The molecule has 0 aliphatic carbocycles. The molecule has 0 saturated heterocycles. The Hall–Kier alpha value is -3.76. The van der Waals surface area contributed by atoms with Crippen LogP contribution < -0.4 is 5.73 Å². The van der Waals surface area contributed by atoms with Crippen LogP contribution >= 0.6 is 11.8 Å². The second-order valence-corrected chi connectivity index (χ2v) is 8.87. The van der Waals surface area contributed by atoms with Gasteiger partial charge in [0.25, 0.3) is 5.91 Å². The predicted octanol–water partition coefficient (Wildman–Crippen LogP) is 4.49. The summed E-state index contributed by atoms with van der Waals surface area (Å²) in [5.74, 6) is -1.69. The van der Waals surface area contributed by atoms with Gasteiger partial charge in [0.15, 0.2) is 0 Å². The average molecular weight is 458 g/mol. The van der Waals surface area contributed by atoms with Crippen LogP contribution in [-0.2, 0) is 14.3 Å². The van der Waals surface area contributed by atoms with Gasteiger partial charge in [0, 0.05) is 11.0 Å². The molecule has 7 heteroatoms. The fraction of sp³-hybridized carbons (Fsp3) is 0.192. The number of hydrogen-bond donors (Lipinski definition) is 1. The van der Waals surface area contributed by atoms with Crippen LogP contribution in [0.5, 0.6) is 0 Å². The minimum atomic E-state index is -0.737. The molecule has 4 rings (SSSR count). The molecule has 0 aromatic heterocycles. The molecule has 0 saturated carbocycles. The van der Waals surface area contributed by atoms with E-state index in [4.69, 9.17) is 10.5 Å². The Balaban J connectivity index is 1.94. The number of allylic oxidation sites excluding steroid dienone is 1. The fourth-order valence-corrected chi connectivity index (χ4v) is 5.10. The first-order valence-corrected chi connectivity index (χ1v) is 11.4. The van der Waals surface area contributed by atoms with Crippen LogP contribution in [0.3, 0.4) is 0 Å². The number of esters is 1. The number of benzene rings is 2. The quantitative estimate of drug-likeness (QED) is 0.680. The number of hydrogen-bond acceptors (Lipinski definition) is 6. The summed E-state index contributed by atoms with van der Waals surface area (Å²) in [4.78, 5) is 28.4. The van der Waals surface area contributed by atoms with Crippen molar-refractivity contribution >= 4 is 28.5 Å². The molecule has 2 N–H and O–H groups in total. The number of ether oxygens (including phenoxy) is 1. The van der Waals surface area contributed by atoms with Gasteiger partial charge in [-0.05, 0) is 31.9 Å². The summed E-state index contributed by atoms with van der Waals surface area (Å²) in [7, 11) is 0. The molecule has 2 aromatic carbocycles. The summed E-state index contributed by atoms with van der Waals surface area (Å²) in [6.45, 7) is 5.83. The highest BCUT2D eigenvalue weighted by Gasteiger charge is 2.43. The zero-order chi connectivity index (χ0) is 23.7. The highest BCUT2D eigenvalue weighted by Crippen LogP contribution is 2.50. The number of thioether (sulfide) groups is 1. The van der Waals surface area contributed by atoms with Gasteiger partial charge >= 0.3 is 5.97 Å². The van der Waals surface area contributed by atoms with Gasteiger partial charge < -0.3 is 10.5 Å². The molecule has 0 spiro atoms. The number of nitrogens with two attached hydrogens (primary N) is 1. The Morgan fingerprint density at radius 3 is 2.30 bits per heavy atom.